The Morgan fingerprint density at radius 1 is 1.14 bits per heavy atom. The van der Waals surface area contributed by atoms with Crippen molar-refractivity contribution < 1.29 is 29.2 Å². The van der Waals surface area contributed by atoms with Crippen LogP contribution in [0.3, 0.4) is 0 Å². The van der Waals surface area contributed by atoms with E-state index in [9.17, 15) is 20.1 Å². The molecule has 204 valence electrons. The quantitative estimate of drug-likeness (QED) is 0.310. The molecule has 3 N–H and O–H groups in total. The predicted octanol–water partition coefficient (Wildman–Crippen LogP) is 5.58. The molecule has 3 fully saturated rings. The second-order valence-corrected chi connectivity index (χ2v) is 12.7. The van der Waals surface area contributed by atoms with Crippen LogP contribution in [0, 0.1) is 22.7 Å². The van der Waals surface area contributed by atoms with Crippen LogP contribution in [0.5, 0.6) is 0 Å². The number of carbonyl (C=O) groups is 1. The van der Waals surface area contributed by atoms with Gasteiger partial charge in [-0.25, -0.2) is 4.39 Å². The first-order valence-electron chi connectivity index (χ1n) is 13.7. The van der Waals surface area contributed by atoms with Crippen molar-refractivity contribution >= 4 is 5.97 Å². The molecule has 0 saturated heterocycles. The first kappa shape index (κ1) is 29.1. The number of ether oxygens (including phenoxy) is 1. The SMILES string of the molecule is CC(C)OC(=O)C(C)(C)[C@@H](O)/C=C/[C@@](C)(F)[C@H]1CC[C@H]2/C(=C/C=C3C[C@@H](O)C[C@H](O)C3)CCC[C@@]21C. The maximum atomic E-state index is 16.3. The molecule has 7 atom stereocenters. The number of aliphatic hydroxyl groups excluding tert-OH is 3. The van der Waals surface area contributed by atoms with Crippen LogP contribution in [0.1, 0.15) is 92.9 Å². The summed E-state index contributed by atoms with van der Waals surface area (Å²) in [5.74, 6) is -0.409. The maximum absolute atomic E-state index is 16.3. The third kappa shape index (κ3) is 6.31. The van der Waals surface area contributed by atoms with E-state index in [1.165, 1.54) is 17.7 Å². The van der Waals surface area contributed by atoms with Crippen molar-refractivity contribution in [1.29, 1.82) is 0 Å². The van der Waals surface area contributed by atoms with Crippen LogP contribution in [0.4, 0.5) is 4.39 Å². The minimum Gasteiger partial charge on any atom is -0.462 e. The lowest BCUT2D eigenvalue weighted by Gasteiger charge is -2.45. The largest absolute Gasteiger partial charge is 0.462 e. The van der Waals surface area contributed by atoms with E-state index in [0.29, 0.717) is 19.3 Å². The number of rotatable bonds is 7. The maximum Gasteiger partial charge on any atom is 0.314 e. The van der Waals surface area contributed by atoms with Crippen LogP contribution < -0.4 is 0 Å². The highest BCUT2D eigenvalue weighted by Crippen LogP contribution is 2.61. The number of allylic oxidation sites excluding steroid dienone is 4. The van der Waals surface area contributed by atoms with Gasteiger partial charge in [-0.2, -0.15) is 0 Å². The average molecular weight is 507 g/mol. The van der Waals surface area contributed by atoms with Gasteiger partial charge in [0.1, 0.15) is 5.67 Å². The van der Waals surface area contributed by atoms with Gasteiger partial charge in [-0.15, -0.1) is 0 Å². The number of esters is 1. The molecular formula is C30H47FO5. The summed E-state index contributed by atoms with van der Waals surface area (Å²) in [4.78, 5) is 12.4. The first-order chi connectivity index (χ1) is 16.7. The van der Waals surface area contributed by atoms with Crippen molar-refractivity contribution in [3.63, 3.8) is 0 Å². The van der Waals surface area contributed by atoms with Crippen molar-refractivity contribution in [3.8, 4) is 0 Å². The topological polar surface area (TPSA) is 87.0 Å². The summed E-state index contributed by atoms with van der Waals surface area (Å²) >= 11 is 0. The van der Waals surface area contributed by atoms with Gasteiger partial charge in [0.05, 0.1) is 29.8 Å². The Labute approximate surface area is 216 Å². The molecule has 3 aliphatic carbocycles. The third-order valence-electron chi connectivity index (χ3n) is 8.93. The van der Waals surface area contributed by atoms with Gasteiger partial charge in [0.25, 0.3) is 0 Å². The number of hydrogen-bond acceptors (Lipinski definition) is 5. The Balaban J connectivity index is 1.75. The summed E-state index contributed by atoms with van der Waals surface area (Å²) < 4.78 is 21.5. The Hall–Kier alpha value is -1.50. The third-order valence-corrected chi connectivity index (χ3v) is 8.93. The lowest BCUT2D eigenvalue weighted by molar-refractivity contribution is -0.162. The molecule has 0 unspecified atom stereocenters. The molecule has 3 aliphatic rings. The van der Waals surface area contributed by atoms with Crippen molar-refractivity contribution in [2.45, 2.75) is 123 Å². The normalized spacial score (nSPS) is 35.1. The van der Waals surface area contributed by atoms with Gasteiger partial charge in [0.15, 0.2) is 0 Å². The molecule has 6 heteroatoms. The summed E-state index contributed by atoms with van der Waals surface area (Å²) in [5, 5.41) is 30.7. The lowest BCUT2D eigenvalue weighted by atomic mass is 9.60. The van der Waals surface area contributed by atoms with E-state index in [4.69, 9.17) is 4.74 Å². The van der Waals surface area contributed by atoms with E-state index in [0.717, 1.165) is 37.7 Å². The van der Waals surface area contributed by atoms with E-state index < -0.39 is 35.4 Å². The van der Waals surface area contributed by atoms with Crippen LogP contribution in [0.2, 0.25) is 0 Å². The average Bonchev–Trinajstić information content (AvgIpc) is 3.13. The Kier molecular flexibility index (Phi) is 8.95. The highest BCUT2D eigenvalue weighted by molar-refractivity contribution is 5.77. The molecule has 0 aliphatic heterocycles. The fourth-order valence-electron chi connectivity index (χ4n) is 6.82. The van der Waals surface area contributed by atoms with Gasteiger partial charge in [-0.05, 0) is 103 Å². The molecule has 0 radical (unpaired) electrons. The number of aliphatic hydroxyl groups is 3. The summed E-state index contributed by atoms with van der Waals surface area (Å²) in [6.45, 7) is 10.6. The van der Waals surface area contributed by atoms with E-state index >= 15 is 4.39 Å². The number of halogens is 1. The van der Waals surface area contributed by atoms with E-state index in [-0.39, 0.29) is 23.4 Å². The van der Waals surface area contributed by atoms with E-state index in [1.807, 2.05) is 0 Å². The fourth-order valence-corrected chi connectivity index (χ4v) is 6.82. The van der Waals surface area contributed by atoms with Crippen LogP contribution in [0.15, 0.2) is 35.5 Å². The minimum absolute atomic E-state index is 0.195. The van der Waals surface area contributed by atoms with Crippen molar-refractivity contribution in [2.75, 3.05) is 0 Å². The number of fused-ring (bicyclic) bond motifs is 1. The molecule has 0 amide bonds. The zero-order chi connectivity index (χ0) is 26.9. The highest BCUT2D eigenvalue weighted by atomic mass is 19.1. The Morgan fingerprint density at radius 2 is 1.78 bits per heavy atom. The van der Waals surface area contributed by atoms with Gasteiger partial charge in [-0.3, -0.25) is 4.79 Å². The molecule has 0 heterocycles. The standard InChI is InChI=1S/C30H47FO5/c1-19(2)36-27(35)28(3,4)26(34)13-15-30(6,31)25-12-11-24-21(8-7-14-29(24,25)5)10-9-20-16-22(32)18-23(33)17-20/h9-10,13,15,19,22-26,32-34H,7-8,11-12,14,16-18H2,1-6H3/b15-13+,21-10+/t22-,23-,24+,25+,26+,29+,30-/m1/s1. The Bertz CT molecular complexity index is 874. The summed E-state index contributed by atoms with van der Waals surface area (Å²) in [6, 6.07) is 0. The smallest absolute Gasteiger partial charge is 0.314 e. The van der Waals surface area contributed by atoms with Gasteiger partial charge < -0.3 is 20.1 Å². The van der Waals surface area contributed by atoms with E-state index in [1.54, 1.807) is 34.6 Å². The van der Waals surface area contributed by atoms with Gasteiger partial charge in [0, 0.05) is 5.92 Å². The summed E-state index contributed by atoms with van der Waals surface area (Å²) in [5.41, 5.74) is -0.583. The monoisotopic (exact) mass is 506 g/mol. The fraction of sp³-hybridized carbons (Fsp3) is 0.767. The van der Waals surface area contributed by atoms with Crippen molar-refractivity contribution in [1.82, 2.24) is 0 Å². The van der Waals surface area contributed by atoms with Crippen molar-refractivity contribution in [2.24, 2.45) is 22.7 Å². The zero-order valence-corrected chi connectivity index (χ0v) is 23.0. The van der Waals surface area contributed by atoms with E-state index in [2.05, 4.69) is 19.1 Å². The minimum atomic E-state index is -1.62. The molecule has 3 saturated carbocycles. The highest BCUT2D eigenvalue weighted by Gasteiger charge is 2.55. The second-order valence-electron chi connectivity index (χ2n) is 12.7. The number of alkyl halides is 1. The molecule has 0 bridgehead atoms. The van der Waals surface area contributed by atoms with Crippen LogP contribution in [-0.2, 0) is 9.53 Å². The Morgan fingerprint density at radius 3 is 2.39 bits per heavy atom. The van der Waals surface area contributed by atoms with Crippen LogP contribution in [0.25, 0.3) is 0 Å². The first-order valence-corrected chi connectivity index (χ1v) is 13.7. The van der Waals surface area contributed by atoms with Crippen molar-refractivity contribution in [3.05, 3.63) is 35.5 Å². The van der Waals surface area contributed by atoms with Crippen LogP contribution >= 0.6 is 0 Å². The molecular weight excluding hydrogens is 459 g/mol. The predicted molar refractivity (Wildman–Crippen MR) is 140 cm³/mol. The van der Waals surface area contributed by atoms with Gasteiger partial charge >= 0.3 is 5.97 Å². The molecule has 5 nitrogen and oxygen atoms in total. The van der Waals surface area contributed by atoms with Gasteiger partial charge in [-0.1, -0.05) is 36.3 Å². The summed E-state index contributed by atoms with van der Waals surface area (Å²) in [7, 11) is 0. The van der Waals surface area contributed by atoms with Gasteiger partial charge in [0.2, 0.25) is 0 Å². The second kappa shape index (κ2) is 11.1. The molecule has 0 aromatic carbocycles. The molecule has 36 heavy (non-hydrogen) atoms. The molecule has 0 aromatic heterocycles. The number of carbonyl (C=O) groups excluding carboxylic acids is 1. The number of hydrogen-bond donors (Lipinski definition) is 3. The molecule has 0 spiro atoms. The molecule has 0 aromatic rings. The van der Waals surface area contributed by atoms with Crippen LogP contribution in [-0.4, -0.2) is 51.4 Å². The molecule has 3 rings (SSSR count). The zero-order valence-electron chi connectivity index (χ0n) is 23.0. The summed E-state index contributed by atoms with van der Waals surface area (Å²) in [6.07, 6.45) is 11.0. The lowest BCUT2D eigenvalue weighted by Crippen LogP contribution is -2.42.